The first-order valence-corrected chi connectivity index (χ1v) is 8.52. The Morgan fingerprint density at radius 1 is 1.04 bits per heavy atom. The Morgan fingerprint density at radius 3 is 2.17 bits per heavy atom. The maximum Gasteiger partial charge on any atom is 0.222 e. The molecule has 0 saturated carbocycles. The minimum Gasteiger partial charge on any atom is -0.341 e. The van der Waals surface area contributed by atoms with Crippen LogP contribution in [0, 0.1) is 27.7 Å². The first-order valence-electron chi connectivity index (χ1n) is 8.52. The van der Waals surface area contributed by atoms with Crippen molar-refractivity contribution in [3.8, 4) is 0 Å². The molecule has 0 saturated heterocycles. The summed E-state index contributed by atoms with van der Waals surface area (Å²) in [6.45, 7) is 11.7. The van der Waals surface area contributed by atoms with Gasteiger partial charge in [-0.2, -0.15) is 10.2 Å². The second-order valence-electron chi connectivity index (χ2n) is 6.49. The van der Waals surface area contributed by atoms with Crippen molar-refractivity contribution >= 4 is 5.91 Å². The Balaban J connectivity index is 2.01. The van der Waals surface area contributed by atoms with E-state index in [9.17, 15) is 4.79 Å². The Labute approximate surface area is 144 Å². The van der Waals surface area contributed by atoms with Gasteiger partial charge in [-0.05, 0) is 46.6 Å². The third-order valence-corrected chi connectivity index (χ3v) is 4.90. The van der Waals surface area contributed by atoms with Gasteiger partial charge in [-0.3, -0.25) is 14.2 Å². The van der Waals surface area contributed by atoms with Gasteiger partial charge in [-0.1, -0.05) is 0 Å². The molecule has 0 spiro atoms. The van der Waals surface area contributed by atoms with Crippen LogP contribution in [0.15, 0.2) is 0 Å². The van der Waals surface area contributed by atoms with Crippen molar-refractivity contribution in [2.75, 3.05) is 7.05 Å². The van der Waals surface area contributed by atoms with Gasteiger partial charge in [0, 0.05) is 50.6 Å². The highest BCUT2D eigenvalue weighted by Gasteiger charge is 2.17. The lowest BCUT2D eigenvalue weighted by atomic mass is 10.1. The zero-order valence-corrected chi connectivity index (χ0v) is 16.0. The van der Waals surface area contributed by atoms with Crippen LogP contribution < -0.4 is 0 Å². The average molecular weight is 331 g/mol. The summed E-state index contributed by atoms with van der Waals surface area (Å²) in [5.74, 6) is 0.153. The lowest BCUT2D eigenvalue weighted by Crippen LogP contribution is -2.27. The number of nitrogens with zero attached hydrogens (tertiary/aromatic N) is 5. The van der Waals surface area contributed by atoms with Crippen LogP contribution in [0.4, 0.5) is 0 Å². The summed E-state index contributed by atoms with van der Waals surface area (Å²) < 4.78 is 3.87. The highest BCUT2D eigenvalue weighted by atomic mass is 16.2. The van der Waals surface area contributed by atoms with E-state index in [0.29, 0.717) is 13.0 Å². The smallest absolute Gasteiger partial charge is 0.222 e. The van der Waals surface area contributed by atoms with Gasteiger partial charge in [0.1, 0.15) is 0 Å². The number of hydrogen-bond acceptors (Lipinski definition) is 3. The molecule has 0 aromatic carbocycles. The molecule has 0 unspecified atom stereocenters. The van der Waals surface area contributed by atoms with E-state index in [1.807, 2.05) is 44.2 Å². The Morgan fingerprint density at radius 2 is 1.67 bits per heavy atom. The molecule has 0 fully saturated rings. The zero-order chi connectivity index (χ0) is 18.0. The van der Waals surface area contributed by atoms with Crippen LogP contribution in [-0.2, 0) is 31.4 Å². The molecule has 6 nitrogen and oxygen atoms in total. The van der Waals surface area contributed by atoms with E-state index >= 15 is 0 Å². The van der Waals surface area contributed by atoms with Gasteiger partial charge in [0.05, 0.1) is 11.4 Å². The summed E-state index contributed by atoms with van der Waals surface area (Å²) >= 11 is 0. The highest BCUT2D eigenvalue weighted by molar-refractivity contribution is 5.76. The number of carbonyl (C=O) groups is 1. The van der Waals surface area contributed by atoms with Crippen LogP contribution in [0.5, 0.6) is 0 Å². The Hall–Kier alpha value is -2.11. The molecule has 0 bridgehead atoms. The molecule has 2 heterocycles. The SMILES string of the molecule is CCn1nc(C)c(CCC(=O)N(C)Cc2c(C)nn(C)c2C)c1C. The Bertz CT molecular complexity index is 741. The molecule has 0 radical (unpaired) electrons. The molecule has 0 aliphatic rings. The van der Waals surface area contributed by atoms with Crippen LogP contribution in [-0.4, -0.2) is 37.4 Å². The first kappa shape index (κ1) is 18.2. The summed E-state index contributed by atoms with van der Waals surface area (Å²) in [5, 5.41) is 8.95. The lowest BCUT2D eigenvalue weighted by Gasteiger charge is -2.17. The third-order valence-electron chi connectivity index (χ3n) is 4.90. The molecular weight excluding hydrogens is 302 g/mol. The van der Waals surface area contributed by atoms with Crippen molar-refractivity contribution in [2.24, 2.45) is 7.05 Å². The van der Waals surface area contributed by atoms with Crippen molar-refractivity contribution in [1.82, 2.24) is 24.5 Å². The number of carbonyl (C=O) groups excluding carboxylic acids is 1. The predicted molar refractivity (Wildman–Crippen MR) is 94.9 cm³/mol. The van der Waals surface area contributed by atoms with Crippen molar-refractivity contribution in [2.45, 2.75) is 60.5 Å². The van der Waals surface area contributed by atoms with E-state index in [4.69, 9.17) is 0 Å². The molecular formula is C18H29N5O. The topological polar surface area (TPSA) is 56.0 Å². The third kappa shape index (κ3) is 3.52. The monoisotopic (exact) mass is 331 g/mol. The molecule has 2 rings (SSSR count). The summed E-state index contributed by atoms with van der Waals surface area (Å²) in [4.78, 5) is 14.3. The first-order chi connectivity index (χ1) is 11.3. The fourth-order valence-corrected chi connectivity index (χ4v) is 3.20. The molecule has 0 N–H and O–H groups in total. The van der Waals surface area contributed by atoms with E-state index in [1.54, 1.807) is 4.90 Å². The molecule has 6 heteroatoms. The fraction of sp³-hybridized carbons (Fsp3) is 0.611. The van der Waals surface area contributed by atoms with Crippen molar-refractivity contribution in [1.29, 1.82) is 0 Å². The number of amides is 1. The van der Waals surface area contributed by atoms with E-state index in [2.05, 4.69) is 24.0 Å². The van der Waals surface area contributed by atoms with Crippen LogP contribution in [0.25, 0.3) is 0 Å². The summed E-state index contributed by atoms with van der Waals surface area (Å²) in [6, 6.07) is 0. The molecule has 0 atom stereocenters. The van der Waals surface area contributed by atoms with E-state index in [-0.39, 0.29) is 5.91 Å². The highest BCUT2D eigenvalue weighted by Crippen LogP contribution is 2.17. The lowest BCUT2D eigenvalue weighted by molar-refractivity contribution is -0.130. The van der Waals surface area contributed by atoms with Gasteiger partial charge in [0.25, 0.3) is 0 Å². The minimum atomic E-state index is 0.153. The number of aryl methyl sites for hydroxylation is 4. The number of hydrogen-bond donors (Lipinski definition) is 0. The normalized spacial score (nSPS) is 11.1. The maximum atomic E-state index is 12.5. The molecule has 132 valence electrons. The molecule has 0 aliphatic carbocycles. The molecule has 2 aromatic rings. The van der Waals surface area contributed by atoms with E-state index < -0.39 is 0 Å². The number of rotatable bonds is 6. The molecule has 1 amide bonds. The second kappa shape index (κ2) is 7.20. The standard InChI is InChI=1S/C18H29N5O/c1-8-23-15(5)16(12(2)20-23)9-10-18(24)21(6)11-17-13(3)19-22(7)14(17)4/h8-11H2,1-7H3. The summed E-state index contributed by atoms with van der Waals surface area (Å²) in [6.07, 6.45) is 1.25. The van der Waals surface area contributed by atoms with Crippen molar-refractivity contribution in [3.05, 3.63) is 33.9 Å². The van der Waals surface area contributed by atoms with Crippen LogP contribution >= 0.6 is 0 Å². The van der Waals surface area contributed by atoms with Gasteiger partial charge in [-0.15, -0.1) is 0 Å². The zero-order valence-electron chi connectivity index (χ0n) is 16.0. The molecule has 24 heavy (non-hydrogen) atoms. The van der Waals surface area contributed by atoms with Gasteiger partial charge < -0.3 is 4.90 Å². The Kier molecular flexibility index (Phi) is 5.47. The fourth-order valence-electron chi connectivity index (χ4n) is 3.20. The van der Waals surface area contributed by atoms with Crippen molar-refractivity contribution in [3.63, 3.8) is 0 Å². The van der Waals surface area contributed by atoms with Crippen LogP contribution in [0.3, 0.4) is 0 Å². The van der Waals surface area contributed by atoms with Crippen molar-refractivity contribution < 1.29 is 4.79 Å². The van der Waals surface area contributed by atoms with Gasteiger partial charge in [0.15, 0.2) is 0 Å². The van der Waals surface area contributed by atoms with Gasteiger partial charge in [0.2, 0.25) is 5.91 Å². The largest absolute Gasteiger partial charge is 0.341 e. The van der Waals surface area contributed by atoms with E-state index in [0.717, 1.165) is 35.6 Å². The van der Waals surface area contributed by atoms with Crippen LogP contribution in [0.2, 0.25) is 0 Å². The summed E-state index contributed by atoms with van der Waals surface area (Å²) in [7, 11) is 3.80. The van der Waals surface area contributed by atoms with Gasteiger partial charge >= 0.3 is 0 Å². The maximum absolute atomic E-state index is 12.5. The predicted octanol–water partition coefficient (Wildman–Crippen LogP) is 2.46. The summed E-state index contributed by atoms with van der Waals surface area (Å²) in [5.41, 5.74) is 6.65. The van der Waals surface area contributed by atoms with E-state index in [1.165, 1.54) is 11.3 Å². The molecule has 0 aliphatic heterocycles. The quantitative estimate of drug-likeness (QED) is 0.817. The van der Waals surface area contributed by atoms with Gasteiger partial charge in [-0.25, -0.2) is 0 Å². The minimum absolute atomic E-state index is 0.153. The second-order valence-corrected chi connectivity index (χ2v) is 6.49. The van der Waals surface area contributed by atoms with Crippen LogP contribution in [0.1, 0.15) is 47.2 Å². The molecule has 2 aromatic heterocycles. The average Bonchev–Trinajstić information content (AvgIpc) is 2.94. The number of aromatic nitrogens is 4.